The van der Waals surface area contributed by atoms with Crippen LogP contribution >= 0.6 is 23.2 Å². The first-order valence-electron chi connectivity index (χ1n) is 10.3. The SMILES string of the molecule is CCOC(=O)NC(=O)/C(C#N)=N/Nc1cc(Cl)c(Oc2ncc(O)c(C(=O)c3ccccc3)n2)c(Cl)c1. The van der Waals surface area contributed by atoms with E-state index in [1.807, 2.05) is 5.32 Å². The fraction of sp³-hybridized carbons (Fsp3) is 0.0870. The van der Waals surface area contributed by atoms with Crippen LogP contribution in [0.3, 0.4) is 0 Å². The molecule has 0 radical (unpaired) electrons. The number of ether oxygens (including phenoxy) is 2. The number of nitrogens with zero attached hydrogens (tertiary/aromatic N) is 4. The number of alkyl carbamates (subject to hydrolysis) is 1. The molecule has 3 N–H and O–H groups in total. The van der Waals surface area contributed by atoms with Crippen LogP contribution in [0.1, 0.15) is 23.0 Å². The van der Waals surface area contributed by atoms with E-state index in [0.29, 0.717) is 5.56 Å². The Morgan fingerprint density at radius 2 is 1.84 bits per heavy atom. The van der Waals surface area contributed by atoms with Crippen molar-refractivity contribution in [3.8, 4) is 23.6 Å². The number of carbonyl (C=O) groups is 3. The Labute approximate surface area is 219 Å². The third kappa shape index (κ3) is 6.91. The van der Waals surface area contributed by atoms with Crippen molar-refractivity contribution in [1.29, 1.82) is 5.26 Å². The highest BCUT2D eigenvalue weighted by Crippen LogP contribution is 2.38. The first-order chi connectivity index (χ1) is 17.7. The predicted molar refractivity (Wildman–Crippen MR) is 132 cm³/mol. The molecule has 0 atom stereocenters. The summed E-state index contributed by atoms with van der Waals surface area (Å²) in [7, 11) is 0. The Morgan fingerprint density at radius 1 is 1.16 bits per heavy atom. The smallest absolute Gasteiger partial charge is 0.414 e. The average Bonchev–Trinajstić information content (AvgIpc) is 2.87. The molecular weight excluding hydrogens is 527 g/mol. The quantitative estimate of drug-likeness (QED) is 0.213. The van der Waals surface area contributed by atoms with Crippen molar-refractivity contribution in [2.45, 2.75) is 6.92 Å². The predicted octanol–water partition coefficient (Wildman–Crippen LogP) is 4.08. The minimum Gasteiger partial charge on any atom is -0.504 e. The maximum atomic E-state index is 12.7. The Kier molecular flexibility index (Phi) is 8.93. The zero-order valence-electron chi connectivity index (χ0n) is 18.9. The van der Waals surface area contributed by atoms with Crippen LogP contribution in [-0.2, 0) is 9.53 Å². The Balaban J connectivity index is 1.79. The lowest BCUT2D eigenvalue weighted by Crippen LogP contribution is -2.36. The lowest BCUT2D eigenvalue weighted by molar-refractivity contribution is -0.114. The fourth-order valence-corrected chi connectivity index (χ4v) is 3.25. The van der Waals surface area contributed by atoms with Gasteiger partial charge in [0.1, 0.15) is 6.07 Å². The highest BCUT2D eigenvalue weighted by Gasteiger charge is 2.20. The number of halogens is 2. The van der Waals surface area contributed by atoms with Crippen molar-refractivity contribution in [2.75, 3.05) is 12.0 Å². The number of hydrazone groups is 1. The number of rotatable bonds is 8. The van der Waals surface area contributed by atoms with Gasteiger partial charge in [-0.3, -0.25) is 20.3 Å². The highest BCUT2D eigenvalue weighted by atomic mass is 35.5. The van der Waals surface area contributed by atoms with Crippen molar-refractivity contribution in [1.82, 2.24) is 15.3 Å². The Hall–Kier alpha value is -4.73. The maximum absolute atomic E-state index is 12.7. The lowest BCUT2D eigenvalue weighted by atomic mass is 10.1. The lowest BCUT2D eigenvalue weighted by Gasteiger charge is -2.11. The monoisotopic (exact) mass is 542 g/mol. The van der Waals surface area contributed by atoms with Crippen molar-refractivity contribution in [3.05, 3.63) is 70.0 Å². The number of imide groups is 1. The largest absolute Gasteiger partial charge is 0.504 e. The van der Waals surface area contributed by atoms with E-state index in [-0.39, 0.29) is 39.8 Å². The summed E-state index contributed by atoms with van der Waals surface area (Å²) in [4.78, 5) is 43.8. The molecule has 1 heterocycles. The number of anilines is 1. The maximum Gasteiger partial charge on any atom is 0.414 e. The van der Waals surface area contributed by atoms with E-state index in [4.69, 9.17) is 33.2 Å². The molecule has 14 heteroatoms. The molecule has 0 fully saturated rings. The number of aromatic hydroxyl groups is 1. The minimum atomic E-state index is -1.09. The zero-order valence-corrected chi connectivity index (χ0v) is 20.4. The molecule has 0 saturated carbocycles. The van der Waals surface area contributed by atoms with Gasteiger partial charge in [-0.25, -0.2) is 4.79 Å². The molecule has 0 unspecified atom stereocenters. The number of aromatic nitrogens is 2. The molecule has 2 amide bonds. The van der Waals surface area contributed by atoms with Gasteiger partial charge in [-0.05, 0) is 19.1 Å². The summed E-state index contributed by atoms with van der Waals surface area (Å²) in [6.07, 6.45) is -0.0384. The Morgan fingerprint density at radius 3 is 2.46 bits per heavy atom. The van der Waals surface area contributed by atoms with Gasteiger partial charge in [0.25, 0.3) is 5.91 Å². The van der Waals surface area contributed by atoms with Crippen LogP contribution in [0.2, 0.25) is 10.0 Å². The van der Waals surface area contributed by atoms with Gasteiger partial charge >= 0.3 is 12.1 Å². The first-order valence-corrected chi connectivity index (χ1v) is 11.0. The van der Waals surface area contributed by atoms with Gasteiger partial charge in [-0.2, -0.15) is 20.3 Å². The van der Waals surface area contributed by atoms with Gasteiger partial charge in [0.05, 0.1) is 28.5 Å². The van der Waals surface area contributed by atoms with E-state index >= 15 is 0 Å². The van der Waals surface area contributed by atoms with Gasteiger partial charge in [0, 0.05) is 5.56 Å². The van der Waals surface area contributed by atoms with Gasteiger partial charge in [0.15, 0.2) is 17.2 Å². The van der Waals surface area contributed by atoms with Crippen LogP contribution in [0.4, 0.5) is 10.5 Å². The van der Waals surface area contributed by atoms with Crippen molar-refractivity contribution < 1.29 is 29.0 Å². The summed E-state index contributed by atoms with van der Waals surface area (Å²) < 4.78 is 10.1. The molecule has 2 aromatic carbocycles. The summed E-state index contributed by atoms with van der Waals surface area (Å²) in [5.41, 5.74) is 1.91. The van der Waals surface area contributed by atoms with Crippen LogP contribution in [0.25, 0.3) is 0 Å². The minimum absolute atomic E-state index is 0.0294. The molecule has 37 heavy (non-hydrogen) atoms. The number of amides is 2. The van der Waals surface area contributed by atoms with Crippen LogP contribution in [0.15, 0.2) is 53.8 Å². The van der Waals surface area contributed by atoms with Crippen LogP contribution < -0.4 is 15.5 Å². The van der Waals surface area contributed by atoms with Gasteiger partial charge < -0.3 is 14.6 Å². The number of nitrogens with one attached hydrogen (secondary N) is 2. The molecule has 3 rings (SSSR count). The van der Waals surface area contributed by atoms with Gasteiger partial charge in [-0.1, -0.05) is 53.5 Å². The third-order valence-electron chi connectivity index (χ3n) is 4.30. The molecule has 0 aliphatic heterocycles. The third-order valence-corrected chi connectivity index (χ3v) is 4.86. The molecule has 0 bridgehead atoms. The number of hydrogen-bond donors (Lipinski definition) is 3. The van der Waals surface area contributed by atoms with E-state index in [0.717, 1.165) is 6.20 Å². The van der Waals surface area contributed by atoms with Gasteiger partial charge in [-0.15, -0.1) is 0 Å². The first kappa shape index (κ1) is 26.9. The summed E-state index contributed by atoms with van der Waals surface area (Å²) in [5.74, 6) is -2.17. The number of ketones is 1. The van der Waals surface area contributed by atoms with E-state index in [1.165, 1.54) is 18.2 Å². The number of nitriles is 1. The molecule has 0 aliphatic rings. The van der Waals surface area contributed by atoms with Crippen molar-refractivity contribution in [2.24, 2.45) is 5.10 Å². The molecule has 0 spiro atoms. The number of hydrogen-bond acceptors (Lipinski definition) is 11. The molecule has 0 saturated heterocycles. The van der Waals surface area contributed by atoms with E-state index in [1.54, 1.807) is 37.3 Å². The highest BCUT2D eigenvalue weighted by molar-refractivity contribution is 6.47. The number of benzene rings is 2. The molecule has 1 aromatic heterocycles. The van der Waals surface area contributed by atoms with E-state index in [2.05, 4.69) is 25.2 Å². The van der Waals surface area contributed by atoms with E-state index in [9.17, 15) is 19.5 Å². The Bertz CT molecular complexity index is 1400. The fourth-order valence-electron chi connectivity index (χ4n) is 2.68. The van der Waals surface area contributed by atoms with Crippen LogP contribution in [0, 0.1) is 11.3 Å². The summed E-state index contributed by atoms with van der Waals surface area (Å²) in [6, 6.07) is 12.0. The topological polar surface area (TPSA) is 176 Å². The van der Waals surface area contributed by atoms with E-state index < -0.39 is 29.2 Å². The van der Waals surface area contributed by atoms with Crippen LogP contribution in [-0.4, -0.2) is 45.2 Å². The normalized spacial score (nSPS) is 10.7. The molecular formula is C23H16Cl2N6O6. The standard InChI is InChI=1S/C23H16Cl2N6O6/c1-2-36-23(35)29-21(34)16(10-26)31-30-13-8-14(24)20(15(25)9-13)37-22-27-11-17(32)18(28-22)19(33)12-6-4-3-5-7-12/h3-9,11,30,32H,2H2,1H3,(H,29,34,35)/b31-16+. The van der Waals surface area contributed by atoms with Crippen molar-refractivity contribution in [3.63, 3.8) is 0 Å². The van der Waals surface area contributed by atoms with Crippen molar-refractivity contribution >= 4 is 52.4 Å². The number of carbonyl (C=O) groups excluding carboxylic acids is 3. The molecule has 3 aromatic rings. The second-order valence-electron chi connectivity index (χ2n) is 6.81. The van der Waals surface area contributed by atoms with Crippen LogP contribution in [0.5, 0.6) is 17.5 Å². The second kappa shape index (κ2) is 12.3. The second-order valence-corrected chi connectivity index (χ2v) is 7.63. The molecule has 0 aliphatic carbocycles. The van der Waals surface area contributed by atoms with Gasteiger partial charge in [0.2, 0.25) is 11.5 Å². The average molecular weight is 543 g/mol. The summed E-state index contributed by atoms with van der Waals surface area (Å²) in [6.45, 7) is 1.57. The summed E-state index contributed by atoms with van der Waals surface area (Å²) >= 11 is 12.5. The summed E-state index contributed by atoms with van der Waals surface area (Å²) in [5, 5.41) is 24.6. The molecule has 188 valence electrons. The zero-order chi connectivity index (χ0) is 26.9. The molecule has 12 nitrogen and oxygen atoms in total.